The summed E-state index contributed by atoms with van der Waals surface area (Å²) in [5, 5.41) is 0. The van der Waals surface area contributed by atoms with Gasteiger partial charge in [0.25, 0.3) is 5.56 Å². The SMILES string of the molecule is COc1ccc(=O)n(Cc2ccccc2)c1. The molecular weight excluding hydrogens is 202 g/mol. The summed E-state index contributed by atoms with van der Waals surface area (Å²) in [4.78, 5) is 11.6. The molecule has 0 amide bonds. The zero-order valence-corrected chi connectivity index (χ0v) is 9.09. The van der Waals surface area contributed by atoms with Crippen LogP contribution in [0.4, 0.5) is 0 Å². The molecule has 0 spiro atoms. The average molecular weight is 215 g/mol. The molecule has 1 aromatic carbocycles. The van der Waals surface area contributed by atoms with Gasteiger partial charge in [-0.2, -0.15) is 0 Å². The standard InChI is InChI=1S/C13H13NO2/c1-16-12-7-8-13(15)14(10-12)9-11-5-3-2-4-6-11/h2-8,10H,9H2,1H3. The largest absolute Gasteiger partial charge is 0.495 e. The highest BCUT2D eigenvalue weighted by Crippen LogP contribution is 2.07. The third-order valence-electron chi connectivity index (χ3n) is 2.39. The second-order valence-electron chi connectivity index (χ2n) is 3.52. The minimum Gasteiger partial charge on any atom is -0.495 e. The molecule has 82 valence electrons. The van der Waals surface area contributed by atoms with Crippen molar-refractivity contribution in [3.05, 3.63) is 64.6 Å². The first-order valence-electron chi connectivity index (χ1n) is 5.08. The first-order chi connectivity index (χ1) is 7.79. The van der Waals surface area contributed by atoms with Crippen molar-refractivity contribution >= 4 is 0 Å². The maximum atomic E-state index is 11.6. The van der Waals surface area contributed by atoms with E-state index in [2.05, 4.69) is 0 Å². The van der Waals surface area contributed by atoms with Crippen LogP contribution in [0.15, 0.2) is 53.5 Å². The van der Waals surface area contributed by atoms with Gasteiger partial charge in [-0.1, -0.05) is 30.3 Å². The van der Waals surface area contributed by atoms with Crippen molar-refractivity contribution in [2.75, 3.05) is 7.11 Å². The van der Waals surface area contributed by atoms with Crippen LogP contribution in [0.5, 0.6) is 5.75 Å². The summed E-state index contributed by atoms with van der Waals surface area (Å²) >= 11 is 0. The number of nitrogens with zero attached hydrogens (tertiary/aromatic N) is 1. The van der Waals surface area contributed by atoms with E-state index in [1.807, 2.05) is 30.3 Å². The topological polar surface area (TPSA) is 31.2 Å². The molecular formula is C13H13NO2. The summed E-state index contributed by atoms with van der Waals surface area (Å²) in [6.45, 7) is 0.566. The van der Waals surface area contributed by atoms with Crippen molar-refractivity contribution in [2.24, 2.45) is 0 Å². The van der Waals surface area contributed by atoms with Gasteiger partial charge in [0, 0.05) is 12.3 Å². The summed E-state index contributed by atoms with van der Waals surface area (Å²) < 4.78 is 6.72. The minimum atomic E-state index is -0.0235. The molecule has 3 heteroatoms. The van der Waals surface area contributed by atoms with Gasteiger partial charge < -0.3 is 9.30 Å². The molecule has 2 rings (SSSR count). The van der Waals surface area contributed by atoms with E-state index in [9.17, 15) is 4.79 Å². The molecule has 0 N–H and O–H groups in total. The Bertz CT molecular complexity index is 517. The summed E-state index contributed by atoms with van der Waals surface area (Å²) in [5.74, 6) is 0.690. The van der Waals surface area contributed by atoms with E-state index < -0.39 is 0 Å². The Labute approximate surface area is 93.9 Å². The maximum absolute atomic E-state index is 11.6. The molecule has 0 bridgehead atoms. The molecule has 0 radical (unpaired) electrons. The van der Waals surface area contributed by atoms with E-state index in [4.69, 9.17) is 4.74 Å². The number of ether oxygens (including phenoxy) is 1. The van der Waals surface area contributed by atoms with Gasteiger partial charge in [0.15, 0.2) is 0 Å². The number of pyridine rings is 1. The average Bonchev–Trinajstić information content (AvgIpc) is 2.33. The highest BCUT2D eigenvalue weighted by Gasteiger charge is 1.99. The molecule has 3 nitrogen and oxygen atoms in total. The van der Waals surface area contributed by atoms with E-state index in [0.29, 0.717) is 12.3 Å². The Morgan fingerprint density at radius 2 is 1.88 bits per heavy atom. The van der Waals surface area contributed by atoms with Gasteiger partial charge in [-0.25, -0.2) is 0 Å². The van der Waals surface area contributed by atoms with Gasteiger partial charge in [-0.15, -0.1) is 0 Å². The lowest BCUT2D eigenvalue weighted by Crippen LogP contribution is -2.18. The Kier molecular flexibility index (Phi) is 3.05. The van der Waals surface area contributed by atoms with Gasteiger partial charge >= 0.3 is 0 Å². The van der Waals surface area contributed by atoms with Crippen molar-refractivity contribution < 1.29 is 4.74 Å². The summed E-state index contributed by atoms with van der Waals surface area (Å²) in [5.41, 5.74) is 1.07. The second kappa shape index (κ2) is 4.66. The zero-order chi connectivity index (χ0) is 11.4. The van der Waals surface area contributed by atoms with Crippen molar-refractivity contribution in [2.45, 2.75) is 6.54 Å². The minimum absolute atomic E-state index is 0.0235. The Morgan fingerprint density at radius 3 is 2.56 bits per heavy atom. The Hall–Kier alpha value is -2.03. The lowest BCUT2D eigenvalue weighted by molar-refractivity contribution is 0.409. The smallest absolute Gasteiger partial charge is 0.251 e. The summed E-state index contributed by atoms with van der Waals surface area (Å²) in [6.07, 6.45) is 1.72. The van der Waals surface area contributed by atoms with Crippen LogP contribution in [-0.4, -0.2) is 11.7 Å². The number of methoxy groups -OCH3 is 1. The third kappa shape index (κ3) is 2.31. The Balaban J connectivity index is 2.31. The molecule has 0 aliphatic heterocycles. The number of rotatable bonds is 3. The van der Waals surface area contributed by atoms with Gasteiger partial charge in [0.1, 0.15) is 5.75 Å². The summed E-state index contributed by atoms with van der Waals surface area (Å²) in [6, 6.07) is 13.0. The zero-order valence-electron chi connectivity index (χ0n) is 9.09. The third-order valence-corrected chi connectivity index (χ3v) is 2.39. The molecule has 16 heavy (non-hydrogen) atoms. The van der Waals surface area contributed by atoms with Crippen LogP contribution in [0, 0.1) is 0 Å². The monoisotopic (exact) mass is 215 g/mol. The van der Waals surface area contributed by atoms with Gasteiger partial charge in [-0.05, 0) is 11.6 Å². The van der Waals surface area contributed by atoms with Crippen LogP contribution in [0.2, 0.25) is 0 Å². The Morgan fingerprint density at radius 1 is 1.12 bits per heavy atom. The van der Waals surface area contributed by atoms with Crippen molar-refractivity contribution in [3.63, 3.8) is 0 Å². The first-order valence-corrected chi connectivity index (χ1v) is 5.08. The molecule has 0 saturated heterocycles. The molecule has 0 atom stereocenters. The van der Waals surface area contributed by atoms with Crippen LogP contribution in [-0.2, 0) is 6.54 Å². The molecule has 2 aromatic rings. The molecule has 1 heterocycles. The fraction of sp³-hybridized carbons (Fsp3) is 0.154. The highest BCUT2D eigenvalue weighted by atomic mass is 16.5. The summed E-state index contributed by atoms with van der Waals surface area (Å²) in [7, 11) is 1.59. The van der Waals surface area contributed by atoms with Gasteiger partial charge in [0.05, 0.1) is 13.7 Å². The fourth-order valence-corrected chi connectivity index (χ4v) is 1.53. The second-order valence-corrected chi connectivity index (χ2v) is 3.52. The fourth-order valence-electron chi connectivity index (χ4n) is 1.53. The van der Waals surface area contributed by atoms with Crippen LogP contribution in [0.1, 0.15) is 5.56 Å². The molecule has 0 aliphatic rings. The van der Waals surface area contributed by atoms with E-state index in [-0.39, 0.29) is 5.56 Å². The molecule has 1 aromatic heterocycles. The number of aromatic nitrogens is 1. The van der Waals surface area contributed by atoms with E-state index in [0.717, 1.165) is 5.56 Å². The molecule has 0 aliphatic carbocycles. The van der Waals surface area contributed by atoms with Crippen molar-refractivity contribution in [1.29, 1.82) is 0 Å². The highest BCUT2D eigenvalue weighted by molar-refractivity contribution is 5.19. The predicted octanol–water partition coefficient (Wildman–Crippen LogP) is 1.91. The number of hydrogen-bond donors (Lipinski definition) is 0. The van der Waals surface area contributed by atoms with Crippen LogP contribution in [0.25, 0.3) is 0 Å². The first kappa shape index (κ1) is 10.5. The number of hydrogen-bond acceptors (Lipinski definition) is 2. The quantitative estimate of drug-likeness (QED) is 0.783. The van der Waals surface area contributed by atoms with Crippen molar-refractivity contribution in [1.82, 2.24) is 4.57 Å². The molecule has 0 fully saturated rings. The molecule has 0 saturated carbocycles. The normalized spacial score (nSPS) is 10.1. The van der Waals surface area contributed by atoms with Crippen LogP contribution < -0.4 is 10.3 Å². The lowest BCUT2D eigenvalue weighted by Gasteiger charge is -2.07. The predicted molar refractivity (Wildman–Crippen MR) is 62.8 cm³/mol. The van der Waals surface area contributed by atoms with Crippen LogP contribution in [0.3, 0.4) is 0 Å². The lowest BCUT2D eigenvalue weighted by atomic mass is 10.2. The van der Waals surface area contributed by atoms with E-state index in [1.165, 1.54) is 6.07 Å². The van der Waals surface area contributed by atoms with Crippen molar-refractivity contribution in [3.8, 4) is 5.75 Å². The molecule has 0 unspecified atom stereocenters. The van der Waals surface area contributed by atoms with Gasteiger partial charge in [-0.3, -0.25) is 4.79 Å². The number of benzene rings is 1. The van der Waals surface area contributed by atoms with Crippen LogP contribution >= 0.6 is 0 Å². The maximum Gasteiger partial charge on any atom is 0.251 e. The van der Waals surface area contributed by atoms with E-state index in [1.54, 1.807) is 23.9 Å². The van der Waals surface area contributed by atoms with Gasteiger partial charge in [0.2, 0.25) is 0 Å². The van der Waals surface area contributed by atoms with E-state index >= 15 is 0 Å².